The van der Waals surface area contributed by atoms with Crippen molar-refractivity contribution in [1.82, 2.24) is 24.6 Å². The summed E-state index contributed by atoms with van der Waals surface area (Å²) in [5.74, 6) is 1.11. The molecule has 30 heavy (non-hydrogen) atoms. The molecule has 5 rings (SSSR count). The van der Waals surface area contributed by atoms with Gasteiger partial charge in [-0.3, -0.25) is 9.80 Å². The number of benzene rings is 2. The summed E-state index contributed by atoms with van der Waals surface area (Å²) in [7, 11) is 0. The lowest BCUT2D eigenvalue weighted by Crippen LogP contribution is -2.41. The topological polar surface area (TPSA) is 37.2 Å². The van der Waals surface area contributed by atoms with Gasteiger partial charge in [-0.05, 0) is 61.2 Å². The summed E-state index contributed by atoms with van der Waals surface area (Å²) < 4.78 is 2.19. The minimum atomic E-state index is 0.645. The number of nitrogens with zero attached hydrogens (tertiary/aromatic N) is 5. The zero-order valence-electron chi connectivity index (χ0n) is 17.3. The highest BCUT2D eigenvalue weighted by molar-refractivity contribution is 6.30. The maximum Gasteiger partial charge on any atom is 0.147 e. The molecule has 0 saturated carbocycles. The monoisotopic (exact) mass is 421 g/mol. The number of rotatable bonds is 4. The Hall–Kier alpha value is -2.21. The standard InChI is InChI=1S/C24H28ClN5/c25-21-9-7-19(8-10-21)23-6-2-1-4-20(23)16-28-12-3-5-22(11-13-28)29-14-15-30-18-26-27-24(30)17-29/h1-2,4,6-10,18,22H,3,5,11-17H2. The molecule has 0 spiro atoms. The minimum Gasteiger partial charge on any atom is -0.315 e. The molecule has 3 aromatic rings. The van der Waals surface area contributed by atoms with Crippen LogP contribution in [0, 0.1) is 0 Å². The smallest absolute Gasteiger partial charge is 0.147 e. The molecule has 1 unspecified atom stereocenters. The molecule has 156 valence electrons. The van der Waals surface area contributed by atoms with E-state index in [9.17, 15) is 0 Å². The number of halogens is 1. The normalized spacial score (nSPS) is 20.6. The first-order chi connectivity index (χ1) is 14.8. The molecule has 2 aliphatic heterocycles. The Morgan fingerprint density at radius 3 is 2.70 bits per heavy atom. The van der Waals surface area contributed by atoms with Crippen molar-refractivity contribution in [2.45, 2.75) is 44.9 Å². The number of hydrogen-bond acceptors (Lipinski definition) is 4. The minimum absolute atomic E-state index is 0.645. The van der Waals surface area contributed by atoms with Gasteiger partial charge in [-0.2, -0.15) is 0 Å². The summed E-state index contributed by atoms with van der Waals surface area (Å²) in [5.41, 5.74) is 3.94. The SMILES string of the molecule is Clc1ccc(-c2ccccc2CN2CCCC(N3CCn4cnnc4C3)CC2)cc1. The second-order valence-electron chi connectivity index (χ2n) is 8.44. The van der Waals surface area contributed by atoms with Crippen LogP contribution in [0.2, 0.25) is 5.02 Å². The van der Waals surface area contributed by atoms with E-state index >= 15 is 0 Å². The molecular formula is C24H28ClN5. The van der Waals surface area contributed by atoms with E-state index in [-0.39, 0.29) is 0 Å². The summed E-state index contributed by atoms with van der Waals surface area (Å²) in [4.78, 5) is 5.25. The van der Waals surface area contributed by atoms with Gasteiger partial charge in [0.25, 0.3) is 0 Å². The van der Waals surface area contributed by atoms with Crippen LogP contribution in [-0.4, -0.2) is 50.2 Å². The highest BCUT2D eigenvalue weighted by Crippen LogP contribution is 2.28. The molecule has 0 N–H and O–H groups in total. The van der Waals surface area contributed by atoms with Crippen molar-refractivity contribution in [2.24, 2.45) is 0 Å². The van der Waals surface area contributed by atoms with Gasteiger partial charge in [-0.1, -0.05) is 48.0 Å². The van der Waals surface area contributed by atoms with Crippen LogP contribution in [0.15, 0.2) is 54.9 Å². The van der Waals surface area contributed by atoms with Gasteiger partial charge in [0.2, 0.25) is 0 Å². The Kier molecular flexibility index (Phi) is 5.84. The molecule has 3 heterocycles. The summed E-state index contributed by atoms with van der Waals surface area (Å²) in [6, 6.07) is 17.6. The number of aromatic nitrogens is 3. The lowest BCUT2D eigenvalue weighted by molar-refractivity contribution is 0.137. The quantitative estimate of drug-likeness (QED) is 0.622. The number of fused-ring (bicyclic) bond motifs is 1. The van der Waals surface area contributed by atoms with Crippen LogP contribution >= 0.6 is 11.6 Å². The van der Waals surface area contributed by atoms with Crippen molar-refractivity contribution in [3.05, 3.63) is 71.3 Å². The van der Waals surface area contributed by atoms with Gasteiger partial charge >= 0.3 is 0 Å². The average molecular weight is 422 g/mol. The highest BCUT2D eigenvalue weighted by Gasteiger charge is 2.26. The zero-order valence-corrected chi connectivity index (χ0v) is 18.0. The van der Waals surface area contributed by atoms with Gasteiger partial charge < -0.3 is 4.57 Å². The Morgan fingerprint density at radius 1 is 0.933 bits per heavy atom. The molecule has 1 aromatic heterocycles. The van der Waals surface area contributed by atoms with Crippen LogP contribution in [-0.2, 0) is 19.6 Å². The van der Waals surface area contributed by atoms with Crippen molar-refractivity contribution in [1.29, 1.82) is 0 Å². The zero-order chi connectivity index (χ0) is 20.3. The van der Waals surface area contributed by atoms with E-state index < -0.39 is 0 Å². The van der Waals surface area contributed by atoms with E-state index in [4.69, 9.17) is 11.6 Å². The second kappa shape index (κ2) is 8.88. The summed E-state index contributed by atoms with van der Waals surface area (Å²) >= 11 is 6.09. The fraction of sp³-hybridized carbons (Fsp3) is 0.417. The van der Waals surface area contributed by atoms with Crippen molar-refractivity contribution < 1.29 is 0 Å². The largest absolute Gasteiger partial charge is 0.315 e. The molecule has 0 amide bonds. The van der Waals surface area contributed by atoms with E-state index in [1.165, 1.54) is 36.0 Å². The summed E-state index contributed by atoms with van der Waals surface area (Å²) in [5, 5.41) is 9.15. The first-order valence-corrected chi connectivity index (χ1v) is 11.3. The summed E-state index contributed by atoms with van der Waals surface area (Å²) in [6.45, 7) is 6.36. The third kappa shape index (κ3) is 4.29. The van der Waals surface area contributed by atoms with Crippen molar-refractivity contribution in [3.63, 3.8) is 0 Å². The molecule has 1 atom stereocenters. The fourth-order valence-corrected chi connectivity index (χ4v) is 4.99. The van der Waals surface area contributed by atoms with Crippen LogP contribution in [0.4, 0.5) is 0 Å². The number of hydrogen-bond donors (Lipinski definition) is 0. The molecule has 6 heteroatoms. The molecule has 2 aliphatic rings. The molecule has 2 aromatic carbocycles. The van der Waals surface area contributed by atoms with Gasteiger partial charge in [-0.25, -0.2) is 0 Å². The van der Waals surface area contributed by atoms with Crippen LogP contribution in [0.1, 0.15) is 30.7 Å². The molecule has 1 fully saturated rings. The predicted molar refractivity (Wildman–Crippen MR) is 120 cm³/mol. The first kappa shape index (κ1) is 19.7. The Labute approximate surface area is 183 Å². The first-order valence-electron chi connectivity index (χ1n) is 10.9. The molecule has 1 saturated heterocycles. The Morgan fingerprint density at radius 2 is 1.80 bits per heavy atom. The molecule has 0 radical (unpaired) electrons. The van der Waals surface area contributed by atoms with E-state index in [1.807, 2.05) is 18.5 Å². The maximum absolute atomic E-state index is 6.09. The Bertz CT molecular complexity index is 983. The van der Waals surface area contributed by atoms with Crippen LogP contribution < -0.4 is 0 Å². The van der Waals surface area contributed by atoms with Gasteiger partial charge in [0.1, 0.15) is 12.2 Å². The second-order valence-corrected chi connectivity index (χ2v) is 8.87. The number of likely N-dealkylation sites (tertiary alicyclic amines) is 1. The molecule has 0 bridgehead atoms. The molecule has 5 nitrogen and oxygen atoms in total. The average Bonchev–Trinajstić information content (AvgIpc) is 3.12. The summed E-state index contributed by atoms with van der Waals surface area (Å²) in [6.07, 6.45) is 5.59. The third-order valence-electron chi connectivity index (χ3n) is 6.54. The van der Waals surface area contributed by atoms with Crippen LogP contribution in [0.5, 0.6) is 0 Å². The maximum atomic E-state index is 6.09. The lowest BCUT2D eigenvalue weighted by Gasteiger charge is -2.34. The van der Waals surface area contributed by atoms with E-state index in [2.05, 4.69) is 61.0 Å². The Balaban J connectivity index is 1.25. The van der Waals surface area contributed by atoms with Crippen molar-refractivity contribution in [3.8, 4) is 11.1 Å². The third-order valence-corrected chi connectivity index (χ3v) is 6.79. The van der Waals surface area contributed by atoms with Crippen molar-refractivity contribution in [2.75, 3.05) is 19.6 Å². The van der Waals surface area contributed by atoms with E-state index in [1.54, 1.807) is 0 Å². The fourth-order valence-electron chi connectivity index (χ4n) is 4.87. The van der Waals surface area contributed by atoms with Crippen LogP contribution in [0.25, 0.3) is 11.1 Å². The van der Waals surface area contributed by atoms with Gasteiger partial charge in [0.15, 0.2) is 0 Å². The van der Waals surface area contributed by atoms with Gasteiger partial charge in [-0.15, -0.1) is 10.2 Å². The molecule has 0 aliphatic carbocycles. The lowest BCUT2D eigenvalue weighted by atomic mass is 9.99. The molecular weight excluding hydrogens is 394 g/mol. The van der Waals surface area contributed by atoms with Crippen LogP contribution in [0.3, 0.4) is 0 Å². The van der Waals surface area contributed by atoms with E-state index in [0.29, 0.717) is 6.04 Å². The predicted octanol–water partition coefficient (Wildman–Crippen LogP) is 4.47. The van der Waals surface area contributed by atoms with Crippen molar-refractivity contribution >= 4 is 11.6 Å². The van der Waals surface area contributed by atoms with E-state index in [0.717, 1.165) is 50.1 Å². The highest BCUT2D eigenvalue weighted by atomic mass is 35.5. The van der Waals surface area contributed by atoms with Gasteiger partial charge in [0.05, 0.1) is 6.54 Å². The van der Waals surface area contributed by atoms with Gasteiger partial charge in [0, 0.05) is 30.7 Å².